The molecular weight excluding hydrogens is 370 g/mol. The van der Waals surface area contributed by atoms with Crippen LogP contribution < -0.4 is 8.92 Å². The SMILES string of the molecule is CCS(=O)(=O)Oc1cc(CN(CC2CCCO2)C(=O)C(C)C)ccc1OC. The molecule has 27 heavy (non-hydrogen) atoms. The molecule has 0 bridgehead atoms. The molecule has 2 rings (SSSR count). The van der Waals surface area contributed by atoms with Crippen LogP contribution in [0, 0.1) is 5.92 Å². The molecule has 152 valence electrons. The number of benzene rings is 1. The summed E-state index contributed by atoms with van der Waals surface area (Å²) in [6, 6.07) is 5.07. The maximum atomic E-state index is 12.6. The van der Waals surface area contributed by atoms with Crippen LogP contribution in [0.4, 0.5) is 0 Å². The highest BCUT2D eigenvalue weighted by Crippen LogP contribution is 2.30. The summed E-state index contributed by atoms with van der Waals surface area (Å²) in [5, 5.41) is 0. The highest BCUT2D eigenvalue weighted by atomic mass is 32.2. The van der Waals surface area contributed by atoms with Crippen molar-refractivity contribution in [3.05, 3.63) is 23.8 Å². The first-order valence-corrected chi connectivity index (χ1v) is 10.8. The largest absolute Gasteiger partial charge is 0.493 e. The number of methoxy groups -OCH3 is 1. The van der Waals surface area contributed by atoms with Gasteiger partial charge in [0, 0.05) is 25.6 Å². The van der Waals surface area contributed by atoms with E-state index in [1.54, 1.807) is 23.1 Å². The number of hydrogen-bond donors (Lipinski definition) is 0. The summed E-state index contributed by atoms with van der Waals surface area (Å²) in [6.45, 7) is 6.83. The van der Waals surface area contributed by atoms with E-state index < -0.39 is 10.1 Å². The standard InChI is InChI=1S/C19H29NO6S/c1-5-27(22,23)26-18-11-15(8-9-17(18)24-4)12-20(19(21)14(2)3)13-16-7-6-10-25-16/h8-9,11,14,16H,5-7,10,12-13H2,1-4H3. The molecule has 1 aliphatic heterocycles. The number of amides is 1. The van der Waals surface area contributed by atoms with E-state index in [2.05, 4.69) is 0 Å². The Morgan fingerprint density at radius 3 is 2.63 bits per heavy atom. The van der Waals surface area contributed by atoms with Crippen LogP contribution >= 0.6 is 0 Å². The Morgan fingerprint density at radius 2 is 2.07 bits per heavy atom. The van der Waals surface area contributed by atoms with Gasteiger partial charge < -0.3 is 18.6 Å². The first kappa shape index (κ1) is 21.5. The summed E-state index contributed by atoms with van der Waals surface area (Å²) in [5.41, 5.74) is 0.768. The molecule has 1 aliphatic rings. The van der Waals surface area contributed by atoms with Crippen molar-refractivity contribution in [2.45, 2.75) is 46.3 Å². The van der Waals surface area contributed by atoms with Gasteiger partial charge in [-0.15, -0.1) is 0 Å². The van der Waals surface area contributed by atoms with E-state index in [1.165, 1.54) is 14.0 Å². The summed E-state index contributed by atoms with van der Waals surface area (Å²) >= 11 is 0. The lowest BCUT2D eigenvalue weighted by Gasteiger charge is -2.27. The van der Waals surface area contributed by atoms with Crippen molar-refractivity contribution in [1.82, 2.24) is 4.90 Å². The average molecular weight is 400 g/mol. The lowest BCUT2D eigenvalue weighted by molar-refractivity contribution is -0.136. The molecule has 0 aromatic heterocycles. The van der Waals surface area contributed by atoms with Gasteiger partial charge in [-0.1, -0.05) is 19.9 Å². The number of carbonyl (C=O) groups excluding carboxylic acids is 1. The van der Waals surface area contributed by atoms with Crippen molar-refractivity contribution in [2.24, 2.45) is 5.92 Å². The summed E-state index contributed by atoms with van der Waals surface area (Å²) in [6.07, 6.45) is 1.99. The van der Waals surface area contributed by atoms with Gasteiger partial charge in [0.1, 0.15) is 0 Å². The van der Waals surface area contributed by atoms with E-state index in [4.69, 9.17) is 13.7 Å². The van der Waals surface area contributed by atoms with Gasteiger partial charge in [-0.05, 0) is 37.5 Å². The normalized spacial score (nSPS) is 17.1. The fourth-order valence-electron chi connectivity index (χ4n) is 2.93. The zero-order chi connectivity index (χ0) is 20.0. The topological polar surface area (TPSA) is 82.1 Å². The minimum Gasteiger partial charge on any atom is -0.493 e. The molecule has 7 nitrogen and oxygen atoms in total. The Labute approximate surface area is 161 Å². The van der Waals surface area contributed by atoms with E-state index in [0.29, 0.717) is 18.8 Å². The molecule has 1 amide bonds. The predicted molar refractivity (Wildman–Crippen MR) is 102 cm³/mol. The monoisotopic (exact) mass is 399 g/mol. The third kappa shape index (κ3) is 6.10. The predicted octanol–water partition coefficient (Wildman–Crippen LogP) is 2.59. The Hall–Kier alpha value is -1.80. The molecule has 1 atom stereocenters. The van der Waals surface area contributed by atoms with Gasteiger partial charge >= 0.3 is 10.1 Å². The molecule has 0 saturated carbocycles. The molecular formula is C19H29NO6S. The Balaban J connectivity index is 2.23. The van der Waals surface area contributed by atoms with E-state index in [9.17, 15) is 13.2 Å². The molecule has 0 N–H and O–H groups in total. The van der Waals surface area contributed by atoms with Crippen molar-refractivity contribution in [3.63, 3.8) is 0 Å². The number of ether oxygens (including phenoxy) is 2. The van der Waals surface area contributed by atoms with Gasteiger partial charge in [0.25, 0.3) is 0 Å². The minimum absolute atomic E-state index is 0.0324. The fourth-order valence-corrected chi connectivity index (χ4v) is 3.45. The third-order valence-corrected chi connectivity index (χ3v) is 5.57. The van der Waals surface area contributed by atoms with Crippen molar-refractivity contribution in [1.29, 1.82) is 0 Å². The van der Waals surface area contributed by atoms with Gasteiger partial charge in [-0.3, -0.25) is 4.79 Å². The van der Waals surface area contributed by atoms with Crippen LogP contribution in [0.1, 0.15) is 39.2 Å². The quantitative estimate of drug-likeness (QED) is 0.594. The van der Waals surface area contributed by atoms with Gasteiger partial charge in [-0.2, -0.15) is 8.42 Å². The van der Waals surface area contributed by atoms with Gasteiger partial charge in [0.15, 0.2) is 11.5 Å². The van der Waals surface area contributed by atoms with Crippen LogP contribution in [-0.4, -0.2) is 51.3 Å². The lowest BCUT2D eigenvalue weighted by atomic mass is 10.1. The maximum Gasteiger partial charge on any atom is 0.309 e. The molecule has 0 spiro atoms. The Morgan fingerprint density at radius 1 is 1.33 bits per heavy atom. The van der Waals surface area contributed by atoms with Crippen LogP contribution in [0.3, 0.4) is 0 Å². The van der Waals surface area contributed by atoms with Crippen LogP contribution in [0.5, 0.6) is 11.5 Å². The van der Waals surface area contributed by atoms with Crippen LogP contribution in [-0.2, 0) is 26.2 Å². The van der Waals surface area contributed by atoms with E-state index in [-0.39, 0.29) is 29.4 Å². The minimum atomic E-state index is -3.68. The summed E-state index contributed by atoms with van der Waals surface area (Å²) in [7, 11) is -2.23. The second-order valence-electron chi connectivity index (χ2n) is 6.92. The van der Waals surface area contributed by atoms with Gasteiger partial charge in [0.2, 0.25) is 5.91 Å². The first-order chi connectivity index (χ1) is 12.8. The number of carbonyl (C=O) groups is 1. The Kier molecular flexibility index (Phi) is 7.49. The average Bonchev–Trinajstić information content (AvgIpc) is 3.13. The molecule has 0 aliphatic carbocycles. The molecule has 1 fully saturated rings. The van der Waals surface area contributed by atoms with Crippen molar-refractivity contribution >= 4 is 16.0 Å². The molecule has 1 heterocycles. The molecule has 1 unspecified atom stereocenters. The van der Waals surface area contributed by atoms with E-state index in [1.807, 2.05) is 13.8 Å². The molecule has 1 aromatic rings. The number of nitrogens with zero attached hydrogens (tertiary/aromatic N) is 1. The fraction of sp³-hybridized carbons (Fsp3) is 0.632. The van der Waals surface area contributed by atoms with Crippen LogP contribution in [0.25, 0.3) is 0 Å². The summed E-state index contributed by atoms with van der Waals surface area (Å²) < 4.78 is 39.7. The Bertz CT molecular complexity index is 741. The van der Waals surface area contributed by atoms with Crippen molar-refractivity contribution in [2.75, 3.05) is 26.0 Å². The van der Waals surface area contributed by atoms with Crippen molar-refractivity contribution in [3.8, 4) is 11.5 Å². The van der Waals surface area contributed by atoms with Gasteiger partial charge in [0.05, 0.1) is 19.0 Å². The van der Waals surface area contributed by atoms with E-state index in [0.717, 1.165) is 25.0 Å². The number of rotatable bonds is 9. The highest BCUT2D eigenvalue weighted by Gasteiger charge is 2.25. The lowest BCUT2D eigenvalue weighted by Crippen LogP contribution is -2.39. The van der Waals surface area contributed by atoms with Crippen molar-refractivity contribution < 1.29 is 26.9 Å². The van der Waals surface area contributed by atoms with Crippen LogP contribution in [0.15, 0.2) is 18.2 Å². The summed E-state index contributed by atoms with van der Waals surface area (Å²) in [5.74, 6) is 0.213. The highest BCUT2D eigenvalue weighted by molar-refractivity contribution is 7.87. The third-order valence-electron chi connectivity index (χ3n) is 4.43. The molecule has 1 saturated heterocycles. The smallest absolute Gasteiger partial charge is 0.309 e. The zero-order valence-electron chi connectivity index (χ0n) is 16.4. The second kappa shape index (κ2) is 9.41. The van der Waals surface area contributed by atoms with Gasteiger partial charge in [-0.25, -0.2) is 0 Å². The van der Waals surface area contributed by atoms with E-state index >= 15 is 0 Å². The molecule has 8 heteroatoms. The zero-order valence-corrected chi connectivity index (χ0v) is 17.3. The second-order valence-corrected chi connectivity index (χ2v) is 8.78. The maximum absolute atomic E-state index is 12.6. The summed E-state index contributed by atoms with van der Waals surface area (Å²) in [4.78, 5) is 14.4. The molecule has 1 aromatic carbocycles. The first-order valence-electron chi connectivity index (χ1n) is 9.25. The molecule has 0 radical (unpaired) electrons. The van der Waals surface area contributed by atoms with Crippen LogP contribution in [0.2, 0.25) is 0 Å². The number of hydrogen-bond acceptors (Lipinski definition) is 6.